The minimum absolute atomic E-state index is 0.126. The van der Waals surface area contributed by atoms with E-state index in [0.29, 0.717) is 16.8 Å². The third-order valence-electron chi connectivity index (χ3n) is 4.70. The molecule has 0 N–H and O–H groups in total. The Labute approximate surface area is 172 Å². The highest BCUT2D eigenvalue weighted by atomic mass is 16.5. The number of carbonyl (C=O) groups excluding carboxylic acids is 1. The van der Waals surface area contributed by atoms with Gasteiger partial charge in [0.05, 0.1) is 17.7 Å². The minimum atomic E-state index is -0.761. The van der Waals surface area contributed by atoms with Crippen molar-refractivity contribution in [2.45, 2.75) is 13.8 Å². The number of aromatic nitrogens is 3. The molecule has 0 unspecified atom stereocenters. The van der Waals surface area contributed by atoms with Crippen LogP contribution in [0.3, 0.4) is 0 Å². The lowest BCUT2D eigenvalue weighted by molar-refractivity contribution is -0.137. The quantitative estimate of drug-likeness (QED) is 0.374. The predicted octanol–water partition coefficient (Wildman–Crippen LogP) is 2.08. The fourth-order valence-electron chi connectivity index (χ4n) is 3.07. The van der Waals surface area contributed by atoms with Crippen LogP contribution in [-0.4, -0.2) is 26.7 Å². The van der Waals surface area contributed by atoms with Gasteiger partial charge in [0.15, 0.2) is 0 Å². The largest absolute Gasteiger partial charge is 0.462 e. The van der Waals surface area contributed by atoms with Gasteiger partial charge < -0.3 is 4.74 Å². The molecule has 30 heavy (non-hydrogen) atoms. The molecule has 0 fully saturated rings. The molecule has 0 bridgehead atoms. The molecule has 2 heterocycles. The summed E-state index contributed by atoms with van der Waals surface area (Å²) in [5.41, 5.74) is 1.57. The molecule has 0 saturated heterocycles. The third-order valence-corrected chi connectivity index (χ3v) is 4.70. The highest BCUT2D eigenvalue weighted by molar-refractivity contribution is 5.99. The summed E-state index contributed by atoms with van der Waals surface area (Å²) in [4.78, 5) is 41.7. The van der Waals surface area contributed by atoms with Gasteiger partial charge in [0.25, 0.3) is 5.56 Å². The number of pyridine rings is 1. The van der Waals surface area contributed by atoms with E-state index in [1.807, 2.05) is 37.3 Å². The number of hydrogen-bond acceptors (Lipinski definition) is 6. The van der Waals surface area contributed by atoms with Crippen molar-refractivity contribution < 1.29 is 9.53 Å². The molecule has 0 saturated carbocycles. The number of ether oxygens (including phenoxy) is 1. The second kappa shape index (κ2) is 8.17. The van der Waals surface area contributed by atoms with Gasteiger partial charge in [-0.15, -0.1) is 0 Å². The summed E-state index contributed by atoms with van der Waals surface area (Å²) in [6.45, 7) is 3.72. The van der Waals surface area contributed by atoms with Crippen molar-refractivity contribution in [3.05, 3.63) is 67.9 Å². The van der Waals surface area contributed by atoms with Crippen molar-refractivity contribution in [2.24, 2.45) is 14.1 Å². The Morgan fingerprint density at radius 3 is 2.47 bits per heavy atom. The van der Waals surface area contributed by atoms with E-state index in [1.54, 1.807) is 6.92 Å². The van der Waals surface area contributed by atoms with Crippen molar-refractivity contribution in [1.29, 1.82) is 5.26 Å². The first-order valence-corrected chi connectivity index (χ1v) is 9.25. The van der Waals surface area contributed by atoms with Gasteiger partial charge in [-0.05, 0) is 26.0 Å². The van der Waals surface area contributed by atoms with Crippen molar-refractivity contribution in [1.82, 2.24) is 14.1 Å². The van der Waals surface area contributed by atoms with Gasteiger partial charge in [-0.2, -0.15) is 5.26 Å². The van der Waals surface area contributed by atoms with E-state index < -0.39 is 17.2 Å². The monoisotopic (exact) mass is 404 g/mol. The molecule has 152 valence electrons. The molecule has 8 heteroatoms. The van der Waals surface area contributed by atoms with Crippen LogP contribution < -0.4 is 11.2 Å². The Morgan fingerprint density at radius 1 is 1.20 bits per heavy atom. The zero-order valence-electron chi connectivity index (χ0n) is 17.1. The number of nitrogens with zero attached hydrogens (tertiary/aromatic N) is 4. The van der Waals surface area contributed by atoms with Crippen molar-refractivity contribution >= 4 is 23.1 Å². The molecule has 0 aliphatic rings. The number of benzene rings is 1. The fourth-order valence-corrected chi connectivity index (χ4v) is 3.07. The smallest absolute Gasteiger partial charge is 0.348 e. The number of hydrogen-bond donors (Lipinski definition) is 0. The lowest BCUT2D eigenvalue weighted by Crippen LogP contribution is -2.37. The SMILES string of the molecule is CCOC(=O)/C(C#N)=C/c1cc2c(=O)n(C)c(=O)n(C)c2nc1-c1ccc(C)cc1. The topological polar surface area (TPSA) is 107 Å². The molecule has 2 aromatic heterocycles. The number of fused-ring (bicyclic) bond motifs is 1. The summed E-state index contributed by atoms with van der Waals surface area (Å²) in [5, 5.41) is 9.62. The van der Waals surface area contributed by atoms with E-state index in [2.05, 4.69) is 4.98 Å². The maximum atomic E-state index is 12.7. The van der Waals surface area contributed by atoms with Gasteiger partial charge in [0.1, 0.15) is 17.3 Å². The van der Waals surface area contributed by atoms with Gasteiger partial charge in [-0.3, -0.25) is 13.9 Å². The number of rotatable bonds is 4. The molecule has 0 aliphatic carbocycles. The van der Waals surface area contributed by atoms with Crippen molar-refractivity contribution in [3.63, 3.8) is 0 Å². The molecular formula is C22H20N4O4. The molecule has 1 aromatic carbocycles. The Balaban J connectivity index is 2.41. The number of aryl methyl sites for hydroxylation is 2. The summed E-state index contributed by atoms with van der Waals surface area (Å²) in [6.07, 6.45) is 1.35. The van der Waals surface area contributed by atoms with Crippen LogP contribution in [0.1, 0.15) is 18.1 Å². The van der Waals surface area contributed by atoms with E-state index in [1.165, 1.54) is 30.8 Å². The summed E-state index contributed by atoms with van der Waals surface area (Å²) < 4.78 is 7.21. The maximum absolute atomic E-state index is 12.7. The molecule has 0 radical (unpaired) electrons. The van der Waals surface area contributed by atoms with Crippen LogP contribution in [0.2, 0.25) is 0 Å². The summed E-state index contributed by atoms with van der Waals surface area (Å²) in [7, 11) is 2.91. The third kappa shape index (κ3) is 3.65. The molecule has 8 nitrogen and oxygen atoms in total. The van der Waals surface area contributed by atoms with Gasteiger partial charge in [-0.25, -0.2) is 14.6 Å². The lowest BCUT2D eigenvalue weighted by atomic mass is 10.0. The molecule has 3 rings (SSSR count). The second-order valence-electron chi connectivity index (χ2n) is 6.76. The number of nitriles is 1. The van der Waals surface area contributed by atoms with Crippen LogP contribution in [0.15, 0.2) is 45.5 Å². The standard InChI is InChI=1S/C22H20N4O4/c1-5-30-21(28)16(12-23)10-15-11-17-19(25(3)22(29)26(4)20(17)27)24-18(15)14-8-6-13(2)7-9-14/h6-11H,5H2,1-4H3/b16-10+. The van der Waals surface area contributed by atoms with Crippen molar-refractivity contribution in [3.8, 4) is 17.3 Å². The first kappa shape index (κ1) is 20.7. The first-order chi connectivity index (χ1) is 14.3. The Morgan fingerprint density at radius 2 is 1.87 bits per heavy atom. The van der Waals surface area contributed by atoms with E-state index in [0.717, 1.165) is 10.1 Å². The first-order valence-electron chi connectivity index (χ1n) is 9.25. The Bertz CT molecular complexity index is 1340. The molecule has 0 aliphatic heterocycles. The predicted molar refractivity (Wildman–Crippen MR) is 113 cm³/mol. The number of esters is 1. The van der Waals surface area contributed by atoms with Crippen LogP contribution in [0.5, 0.6) is 0 Å². The zero-order valence-corrected chi connectivity index (χ0v) is 17.1. The molecular weight excluding hydrogens is 384 g/mol. The van der Waals surface area contributed by atoms with Crippen LogP contribution >= 0.6 is 0 Å². The second-order valence-corrected chi connectivity index (χ2v) is 6.76. The highest BCUT2D eigenvalue weighted by Gasteiger charge is 2.17. The summed E-state index contributed by atoms with van der Waals surface area (Å²) in [6, 6.07) is 10.9. The minimum Gasteiger partial charge on any atom is -0.462 e. The Kier molecular flexibility index (Phi) is 5.65. The average Bonchev–Trinajstić information content (AvgIpc) is 2.74. The summed E-state index contributed by atoms with van der Waals surface area (Å²) >= 11 is 0. The van der Waals surface area contributed by atoms with E-state index in [4.69, 9.17) is 4.74 Å². The summed E-state index contributed by atoms with van der Waals surface area (Å²) in [5.74, 6) is -0.761. The Hall–Kier alpha value is -3.99. The zero-order chi connectivity index (χ0) is 22.0. The molecule has 0 amide bonds. The van der Waals surface area contributed by atoms with Crippen LogP contribution in [0, 0.1) is 18.3 Å². The molecule has 3 aromatic rings. The van der Waals surface area contributed by atoms with Gasteiger partial charge in [-0.1, -0.05) is 29.8 Å². The van der Waals surface area contributed by atoms with Crippen LogP contribution in [0.25, 0.3) is 28.4 Å². The molecule has 0 spiro atoms. The van der Waals surface area contributed by atoms with E-state index in [-0.39, 0.29) is 23.2 Å². The van der Waals surface area contributed by atoms with Gasteiger partial charge >= 0.3 is 11.7 Å². The van der Waals surface area contributed by atoms with Crippen molar-refractivity contribution in [2.75, 3.05) is 6.61 Å². The normalized spacial score (nSPS) is 11.4. The van der Waals surface area contributed by atoms with E-state index in [9.17, 15) is 19.6 Å². The van der Waals surface area contributed by atoms with Crippen LogP contribution in [-0.2, 0) is 23.6 Å². The fraction of sp³-hybridized carbons (Fsp3) is 0.227. The van der Waals surface area contributed by atoms with Gasteiger partial charge in [0, 0.05) is 25.2 Å². The molecule has 0 atom stereocenters. The highest BCUT2D eigenvalue weighted by Crippen LogP contribution is 2.26. The number of carbonyl (C=O) groups is 1. The van der Waals surface area contributed by atoms with Crippen LogP contribution in [0.4, 0.5) is 0 Å². The van der Waals surface area contributed by atoms with Gasteiger partial charge in [0.2, 0.25) is 0 Å². The average molecular weight is 404 g/mol. The lowest BCUT2D eigenvalue weighted by Gasteiger charge is -2.12. The van der Waals surface area contributed by atoms with E-state index >= 15 is 0 Å². The maximum Gasteiger partial charge on any atom is 0.348 e.